The van der Waals surface area contributed by atoms with E-state index in [1.807, 2.05) is 61.5 Å². The van der Waals surface area contributed by atoms with Crippen molar-refractivity contribution < 1.29 is 14.9 Å². The zero-order valence-electron chi connectivity index (χ0n) is 23.9. The highest BCUT2D eigenvalue weighted by Crippen LogP contribution is 2.36. The molecule has 0 amide bonds. The van der Waals surface area contributed by atoms with E-state index in [0.29, 0.717) is 59.9 Å². The summed E-state index contributed by atoms with van der Waals surface area (Å²) < 4.78 is 5.32. The van der Waals surface area contributed by atoms with Gasteiger partial charge in [0.05, 0.1) is 37.7 Å². The van der Waals surface area contributed by atoms with Crippen LogP contribution in [0.25, 0.3) is 0 Å². The van der Waals surface area contributed by atoms with E-state index in [4.69, 9.17) is 14.8 Å². The number of aliphatic hydroxyl groups excluding tert-OH is 2. The van der Waals surface area contributed by atoms with Crippen LogP contribution in [-0.4, -0.2) is 78.0 Å². The molecule has 0 saturated carbocycles. The highest BCUT2D eigenvalue weighted by molar-refractivity contribution is 7.99. The predicted octanol–water partition coefficient (Wildman–Crippen LogP) is 5.64. The third-order valence-corrected chi connectivity index (χ3v) is 7.20. The largest absolute Gasteiger partial charge is 0.395 e. The van der Waals surface area contributed by atoms with Gasteiger partial charge in [0.15, 0.2) is 5.82 Å². The van der Waals surface area contributed by atoms with Crippen LogP contribution in [0.2, 0.25) is 0 Å². The highest BCUT2D eigenvalue weighted by atomic mass is 32.2. The molecule has 0 spiro atoms. The summed E-state index contributed by atoms with van der Waals surface area (Å²) >= 11 is 1.76. The number of nitriles is 1. The Hall–Kier alpha value is -3.53. The summed E-state index contributed by atoms with van der Waals surface area (Å²) in [6.07, 6.45) is 0. The van der Waals surface area contributed by atoms with Crippen LogP contribution in [0.1, 0.15) is 25.0 Å². The van der Waals surface area contributed by atoms with E-state index >= 15 is 0 Å². The Bertz CT molecular complexity index is 1280. The smallest absolute Gasteiger partial charge is 0.161 e. The molecule has 3 aromatic rings. The minimum atomic E-state index is -0.0460. The number of rotatable bonds is 17. The quantitative estimate of drug-likeness (QED) is 0.0912. The van der Waals surface area contributed by atoms with Gasteiger partial charge in [-0.15, -0.1) is 16.9 Å². The molecule has 10 nitrogen and oxygen atoms in total. The molecule has 1 heterocycles. The number of nitrogens with one attached hydrogen (secondary N) is 2. The number of nitrogens with zero attached hydrogens (tertiary/aromatic N) is 5. The number of thioether (sulfide) groups is 1. The molecular weight excluding hydrogens is 538 g/mol. The van der Waals surface area contributed by atoms with E-state index in [2.05, 4.69) is 45.7 Å². The Morgan fingerprint density at radius 1 is 1.00 bits per heavy atom. The maximum Gasteiger partial charge on any atom is 0.161 e. The van der Waals surface area contributed by atoms with Crippen molar-refractivity contribution in [2.75, 3.05) is 62.4 Å². The Labute approximate surface area is 246 Å². The molecule has 41 heavy (non-hydrogen) atoms. The number of ether oxygens (including phenoxy) is 1. The Morgan fingerprint density at radius 2 is 1.76 bits per heavy atom. The molecule has 0 aliphatic heterocycles. The molecular formula is C30H39N7O3S. The first-order valence-corrected chi connectivity index (χ1v) is 14.6. The molecule has 0 unspecified atom stereocenters. The minimum Gasteiger partial charge on any atom is -0.395 e. The topological polar surface area (TPSA) is 138 Å². The lowest BCUT2D eigenvalue weighted by atomic mass is 10.1. The average molecular weight is 578 g/mol. The maximum absolute atomic E-state index is 9.92. The fourth-order valence-electron chi connectivity index (χ4n) is 3.99. The molecule has 4 N–H and O–H groups in total. The van der Waals surface area contributed by atoms with E-state index in [9.17, 15) is 10.4 Å². The number of para-hydroxylation sites is 1. The number of azo groups is 1. The van der Waals surface area contributed by atoms with E-state index < -0.39 is 0 Å². The van der Waals surface area contributed by atoms with Gasteiger partial charge in [0.25, 0.3) is 0 Å². The lowest BCUT2D eigenvalue weighted by Gasteiger charge is -2.25. The summed E-state index contributed by atoms with van der Waals surface area (Å²) in [4.78, 5) is 8.08. The molecule has 0 radical (unpaired) electrons. The number of anilines is 3. The van der Waals surface area contributed by atoms with Crippen LogP contribution in [0.5, 0.6) is 0 Å². The molecule has 0 fully saturated rings. The van der Waals surface area contributed by atoms with Gasteiger partial charge in [0, 0.05) is 47.6 Å². The van der Waals surface area contributed by atoms with Crippen molar-refractivity contribution in [3.05, 3.63) is 65.7 Å². The predicted molar refractivity (Wildman–Crippen MR) is 165 cm³/mol. The van der Waals surface area contributed by atoms with E-state index in [-0.39, 0.29) is 19.8 Å². The van der Waals surface area contributed by atoms with Gasteiger partial charge in [0.2, 0.25) is 0 Å². The van der Waals surface area contributed by atoms with Gasteiger partial charge in [-0.3, -0.25) is 4.90 Å². The van der Waals surface area contributed by atoms with Gasteiger partial charge in [-0.05, 0) is 57.2 Å². The monoisotopic (exact) mass is 577 g/mol. The first-order chi connectivity index (χ1) is 20.0. The molecule has 0 saturated heterocycles. The standard InChI is InChI=1S/C30H39N7O3S/c1-22(2)37(14-16-38)15-20-41-26-11-9-25(10-12-26)35-36-28-23(3)27(21-31)29(32-13-18-40-19-17-39)34-30(28)33-24-7-5-4-6-8-24/h4-12,22,38-39H,13-20H2,1-3H3,(H2,32,33,34). The number of pyridine rings is 1. The van der Waals surface area contributed by atoms with Crippen LogP contribution in [0, 0.1) is 18.3 Å². The summed E-state index contributed by atoms with van der Waals surface area (Å²) in [5.41, 5.74) is 3.01. The first kappa shape index (κ1) is 32.0. The van der Waals surface area contributed by atoms with Gasteiger partial charge in [-0.25, -0.2) is 4.98 Å². The number of hydrogen-bond acceptors (Lipinski definition) is 11. The molecule has 218 valence electrons. The Kier molecular flexibility index (Phi) is 13.5. The zero-order chi connectivity index (χ0) is 29.5. The molecule has 0 atom stereocenters. The Balaban J connectivity index is 1.79. The molecule has 0 aliphatic rings. The minimum absolute atomic E-state index is 0.0460. The number of aliphatic hydroxyl groups is 2. The van der Waals surface area contributed by atoms with Crippen LogP contribution in [-0.2, 0) is 4.74 Å². The second-order valence-electron chi connectivity index (χ2n) is 9.42. The molecule has 3 rings (SSSR count). The summed E-state index contributed by atoms with van der Waals surface area (Å²) in [6, 6.07) is 20.1. The summed E-state index contributed by atoms with van der Waals surface area (Å²) in [6.45, 7) is 8.83. The molecule has 0 aliphatic carbocycles. The van der Waals surface area contributed by atoms with Crippen LogP contribution < -0.4 is 10.6 Å². The first-order valence-electron chi connectivity index (χ1n) is 13.7. The van der Waals surface area contributed by atoms with Crippen LogP contribution >= 0.6 is 11.8 Å². The van der Waals surface area contributed by atoms with Gasteiger partial charge in [-0.1, -0.05) is 18.2 Å². The molecule has 11 heteroatoms. The van der Waals surface area contributed by atoms with Crippen LogP contribution in [0.4, 0.5) is 28.7 Å². The lowest BCUT2D eigenvalue weighted by Crippen LogP contribution is -2.35. The third-order valence-electron chi connectivity index (χ3n) is 6.20. The van der Waals surface area contributed by atoms with Crippen molar-refractivity contribution in [2.45, 2.75) is 31.7 Å². The number of benzene rings is 2. The summed E-state index contributed by atoms with van der Waals surface area (Å²) in [7, 11) is 0. The van der Waals surface area contributed by atoms with Gasteiger partial charge in [0.1, 0.15) is 17.6 Å². The fourth-order valence-corrected chi connectivity index (χ4v) is 4.88. The fraction of sp³-hybridized carbons (Fsp3) is 0.400. The Morgan fingerprint density at radius 3 is 2.41 bits per heavy atom. The van der Waals surface area contributed by atoms with Crippen LogP contribution in [0.15, 0.2) is 69.7 Å². The second kappa shape index (κ2) is 17.3. The highest BCUT2D eigenvalue weighted by Gasteiger charge is 2.18. The van der Waals surface area contributed by atoms with Crippen LogP contribution in [0.3, 0.4) is 0 Å². The maximum atomic E-state index is 9.92. The average Bonchev–Trinajstić information content (AvgIpc) is 2.97. The van der Waals surface area contributed by atoms with Crippen molar-refractivity contribution in [3.63, 3.8) is 0 Å². The molecule has 0 bridgehead atoms. The number of hydrogen-bond donors (Lipinski definition) is 4. The van der Waals surface area contributed by atoms with Gasteiger partial charge >= 0.3 is 0 Å². The van der Waals surface area contributed by atoms with Crippen molar-refractivity contribution in [1.29, 1.82) is 5.26 Å². The lowest BCUT2D eigenvalue weighted by molar-refractivity contribution is 0.0992. The van der Waals surface area contributed by atoms with E-state index in [1.54, 1.807) is 11.8 Å². The molecule has 1 aromatic heterocycles. The summed E-state index contributed by atoms with van der Waals surface area (Å²) in [5.74, 6) is 1.81. The van der Waals surface area contributed by atoms with Crippen molar-refractivity contribution >= 4 is 40.5 Å². The van der Waals surface area contributed by atoms with Crippen molar-refractivity contribution in [3.8, 4) is 6.07 Å². The second-order valence-corrected chi connectivity index (χ2v) is 10.6. The van der Waals surface area contributed by atoms with E-state index in [1.165, 1.54) is 0 Å². The molecule has 2 aromatic carbocycles. The number of aromatic nitrogens is 1. The van der Waals surface area contributed by atoms with Gasteiger partial charge in [-0.2, -0.15) is 10.4 Å². The van der Waals surface area contributed by atoms with Crippen molar-refractivity contribution in [1.82, 2.24) is 9.88 Å². The van der Waals surface area contributed by atoms with Crippen molar-refractivity contribution in [2.24, 2.45) is 10.2 Å². The summed E-state index contributed by atoms with van der Waals surface area (Å²) in [5, 5.41) is 43.6. The van der Waals surface area contributed by atoms with Gasteiger partial charge < -0.3 is 25.6 Å². The zero-order valence-corrected chi connectivity index (χ0v) is 24.7. The third kappa shape index (κ3) is 10.1. The van der Waals surface area contributed by atoms with E-state index in [0.717, 1.165) is 22.9 Å². The SMILES string of the molecule is Cc1c(C#N)c(NCCOCCO)nc(Nc2ccccc2)c1N=Nc1ccc(SCCN(CCO)C(C)C)cc1. The normalized spacial score (nSPS) is 11.4.